The van der Waals surface area contributed by atoms with Crippen LogP contribution in [-0.2, 0) is 5.41 Å². The average Bonchev–Trinajstić information content (AvgIpc) is 2.11. The van der Waals surface area contributed by atoms with Gasteiger partial charge in [-0.25, -0.2) is 0 Å². The molecule has 1 N–H and O–H groups in total. The molecule has 3 nitrogen and oxygen atoms in total. The first-order valence-corrected chi connectivity index (χ1v) is 3.16. The van der Waals surface area contributed by atoms with E-state index >= 15 is 0 Å². The molecule has 0 unspecified atom stereocenters. The van der Waals surface area contributed by atoms with Gasteiger partial charge in [0, 0.05) is 0 Å². The van der Waals surface area contributed by atoms with Crippen LogP contribution in [0.4, 0.5) is 0 Å². The highest BCUT2D eigenvalue weighted by Gasteiger charge is 2.20. The molecule has 1 rings (SSSR count). The molecule has 10 heavy (non-hydrogen) atoms. The van der Waals surface area contributed by atoms with Gasteiger partial charge in [0.15, 0.2) is 0 Å². The molecule has 0 spiro atoms. The highest BCUT2D eigenvalue weighted by Crippen LogP contribution is 2.29. The molecule has 1 aromatic rings. The van der Waals surface area contributed by atoms with Crippen molar-refractivity contribution in [2.24, 2.45) is 0 Å². The van der Waals surface area contributed by atoms with Crippen LogP contribution in [0.1, 0.15) is 26.3 Å². The van der Waals surface area contributed by atoms with Crippen molar-refractivity contribution in [3.05, 3.63) is 11.8 Å². The molecular formula is C7H11NO2. The van der Waals surface area contributed by atoms with E-state index in [0.717, 1.165) is 5.56 Å². The maximum Gasteiger partial charge on any atom is 0.312 e. The molecule has 0 saturated carbocycles. The van der Waals surface area contributed by atoms with Crippen molar-refractivity contribution in [3.63, 3.8) is 0 Å². The summed E-state index contributed by atoms with van der Waals surface area (Å²) in [6.07, 6.45) is 1.54. The fourth-order valence-corrected chi connectivity index (χ4v) is 0.748. The van der Waals surface area contributed by atoms with Gasteiger partial charge in [-0.05, 0) is 5.41 Å². The normalized spacial score (nSPS) is 11.9. The van der Waals surface area contributed by atoms with E-state index in [1.165, 1.54) is 6.20 Å². The van der Waals surface area contributed by atoms with Gasteiger partial charge in [-0.1, -0.05) is 25.9 Å². The van der Waals surface area contributed by atoms with Crippen LogP contribution >= 0.6 is 0 Å². The van der Waals surface area contributed by atoms with Gasteiger partial charge in [-0.15, -0.1) is 0 Å². The Hall–Kier alpha value is -0.990. The summed E-state index contributed by atoms with van der Waals surface area (Å²) in [5.74, 6) is -0.0764. The van der Waals surface area contributed by atoms with Crippen LogP contribution in [0.2, 0.25) is 0 Å². The Labute approximate surface area is 59.7 Å². The Balaban J connectivity index is 3.05. The molecule has 0 amide bonds. The van der Waals surface area contributed by atoms with E-state index in [1.54, 1.807) is 0 Å². The monoisotopic (exact) mass is 141 g/mol. The number of rotatable bonds is 0. The van der Waals surface area contributed by atoms with Crippen molar-refractivity contribution in [1.29, 1.82) is 0 Å². The molecule has 0 radical (unpaired) electrons. The standard InChI is InChI=1S/C7H11NO2/c1-7(2,3)5-4-8-10-6(5)9/h4,9H,1-3H3. The lowest BCUT2D eigenvalue weighted by Gasteiger charge is -2.14. The smallest absolute Gasteiger partial charge is 0.312 e. The first kappa shape index (κ1) is 7.12. The molecule has 0 fully saturated rings. The molecule has 0 bridgehead atoms. The lowest BCUT2D eigenvalue weighted by molar-refractivity contribution is 0.271. The topological polar surface area (TPSA) is 46.3 Å². The second-order valence-corrected chi connectivity index (χ2v) is 3.29. The highest BCUT2D eigenvalue weighted by molar-refractivity contribution is 5.25. The van der Waals surface area contributed by atoms with Gasteiger partial charge in [0.25, 0.3) is 0 Å². The zero-order valence-electron chi connectivity index (χ0n) is 6.38. The van der Waals surface area contributed by atoms with Gasteiger partial charge >= 0.3 is 5.95 Å². The summed E-state index contributed by atoms with van der Waals surface area (Å²) in [5.41, 5.74) is 0.650. The second kappa shape index (κ2) is 2.01. The maximum atomic E-state index is 9.06. The summed E-state index contributed by atoms with van der Waals surface area (Å²) in [6.45, 7) is 5.96. The molecule has 0 aliphatic rings. The number of hydrogen-bond acceptors (Lipinski definition) is 3. The largest absolute Gasteiger partial charge is 0.479 e. The average molecular weight is 141 g/mol. The van der Waals surface area contributed by atoms with Crippen LogP contribution in [0.5, 0.6) is 5.95 Å². The molecule has 0 aromatic carbocycles. The van der Waals surface area contributed by atoms with Crippen LogP contribution in [0.15, 0.2) is 10.7 Å². The molecule has 1 aromatic heterocycles. The molecule has 0 atom stereocenters. The summed E-state index contributed by atoms with van der Waals surface area (Å²) in [4.78, 5) is 0. The third-order valence-corrected chi connectivity index (χ3v) is 1.36. The molecule has 3 heteroatoms. The minimum atomic E-state index is -0.0932. The van der Waals surface area contributed by atoms with Gasteiger partial charge in [0.05, 0.1) is 11.8 Å². The quantitative estimate of drug-likeness (QED) is 0.597. The second-order valence-electron chi connectivity index (χ2n) is 3.29. The zero-order chi connectivity index (χ0) is 7.78. The van der Waals surface area contributed by atoms with E-state index in [4.69, 9.17) is 5.11 Å². The van der Waals surface area contributed by atoms with Gasteiger partial charge in [0.2, 0.25) is 0 Å². The summed E-state index contributed by atoms with van der Waals surface area (Å²) < 4.78 is 4.50. The highest BCUT2D eigenvalue weighted by atomic mass is 16.5. The van der Waals surface area contributed by atoms with Gasteiger partial charge < -0.3 is 9.63 Å². The van der Waals surface area contributed by atoms with Crippen LogP contribution in [0.25, 0.3) is 0 Å². The van der Waals surface area contributed by atoms with Crippen LogP contribution < -0.4 is 0 Å². The minimum absolute atomic E-state index is 0.0764. The third kappa shape index (κ3) is 1.12. The van der Waals surface area contributed by atoms with Gasteiger partial charge in [-0.2, -0.15) is 0 Å². The Kier molecular flexibility index (Phi) is 1.43. The van der Waals surface area contributed by atoms with E-state index in [1.807, 2.05) is 20.8 Å². The number of nitrogens with zero attached hydrogens (tertiary/aromatic N) is 1. The molecule has 56 valence electrons. The summed E-state index contributed by atoms with van der Waals surface area (Å²) in [5, 5.41) is 12.5. The van der Waals surface area contributed by atoms with E-state index in [2.05, 4.69) is 9.68 Å². The fraction of sp³-hybridized carbons (Fsp3) is 0.571. The predicted octanol–water partition coefficient (Wildman–Crippen LogP) is 1.68. The molecule has 0 aliphatic heterocycles. The molecule has 1 heterocycles. The first-order valence-electron chi connectivity index (χ1n) is 3.16. The van der Waals surface area contributed by atoms with Crippen LogP contribution in [0, 0.1) is 0 Å². The minimum Gasteiger partial charge on any atom is -0.479 e. The van der Waals surface area contributed by atoms with E-state index < -0.39 is 0 Å². The van der Waals surface area contributed by atoms with E-state index in [0.29, 0.717) is 0 Å². The van der Waals surface area contributed by atoms with E-state index in [9.17, 15) is 0 Å². The van der Waals surface area contributed by atoms with Crippen molar-refractivity contribution in [3.8, 4) is 5.95 Å². The number of aromatic nitrogens is 1. The van der Waals surface area contributed by atoms with Crippen molar-refractivity contribution in [2.75, 3.05) is 0 Å². The van der Waals surface area contributed by atoms with Gasteiger partial charge in [-0.3, -0.25) is 0 Å². The predicted molar refractivity (Wildman–Crippen MR) is 36.9 cm³/mol. The van der Waals surface area contributed by atoms with Crippen LogP contribution in [0.3, 0.4) is 0 Å². The van der Waals surface area contributed by atoms with Crippen molar-refractivity contribution < 1.29 is 9.63 Å². The van der Waals surface area contributed by atoms with Gasteiger partial charge in [0.1, 0.15) is 0 Å². The van der Waals surface area contributed by atoms with Crippen molar-refractivity contribution in [2.45, 2.75) is 26.2 Å². The Morgan fingerprint density at radius 3 is 2.30 bits per heavy atom. The Morgan fingerprint density at radius 2 is 2.10 bits per heavy atom. The summed E-state index contributed by atoms with van der Waals surface area (Å²) in [7, 11) is 0. The number of hydrogen-bond donors (Lipinski definition) is 1. The van der Waals surface area contributed by atoms with Crippen LogP contribution in [-0.4, -0.2) is 10.3 Å². The third-order valence-electron chi connectivity index (χ3n) is 1.36. The Morgan fingerprint density at radius 1 is 1.50 bits per heavy atom. The SMILES string of the molecule is CC(C)(C)c1cnoc1O. The molecule has 0 aliphatic carbocycles. The Bertz CT molecular complexity index is 222. The van der Waals surface area contributed by atoms with Crippen molar-refractivity contribution >= 4 is 0 Å². The first-order chi connectivity index (χ1) is 4.52. The molecule has 0 saturated heterocycles. The summed E-state index contributed by atoms with van der Waals surface area (Å²) >= 11 is 0. The lowest BCUT2D eigenvalue weighted by Crippen LogP contribution is -2.09. The lowest BCUT2D eigenvalue weighted by atomic mass is 9.89. The number of aromatic hydroxyl groups is 1. The van der Waals surface area contributed by atoms with Crippen molar-refractivity contribution in [1.82, 2.24) is 5.16 Å². The molecular weight excluding hydrogens is 130 g/mol. The fourth-order valence-electron chi connectivity index (χ4n) is 0.748. The zero-order valence-corrected chi connectivity index (χ0v) is 6.38. The van der Waals surface area contributed by atoms with E-state index in [-0.39, 0.29) is 11.4 Å². The summed E-state index contributed by atoms with van der Waals surface area (Å²) in [6, 6.07) is 0. The maximum absolute atomic E-state index is 9.06.